The standard InChI is InChI=1S/C11H25NO.C9H21NO.C8H19NO.2C7H17NO.2C6H15NO.C5H13NO/c1-10(2,3)12(8-9-13-7)11(4,5)6;1-8(2)10(9(3)4)6-7-11-5;1-4-9(5-2)7-6-8-10-3;1-4-8(2)6-5-7-9-3;1-4-8(5-2)6-7-9-3;1-7(2)5-4-6-8-3;1-4-7(2)5-6-8-3;1-6(2)4-5-7-3/h8-9H2,1-7H3;8-9H,6-7H2,1-5H3;4-8H2,1-3H3;2*4-7H2,1-3H3;2*4-6H2,1-3H3;4-5H2,1-3H3. The maximum absolute atomic E-state index is 5.12. The molecule has 0 fully saturated rings. The van der Waals surface area contributed by atoms with E-state index in [4.69, 9.17) is 37.9 Å². The largest absolute Gasteiger partial charge is 0.385 e. The topological polar surface area (TPSA) is 99.8 Å². The van der Waals surface area contributed by atoms with E-state index in [9.17, 15) is 0 Å². The van der Waals surface area contributed by atoms with Crippen LogP contribution in [0.1, 0.15) is 130 Å². The van der Waals surface area contributed by atoms with E-state index in [-0.39, 0.29) is 11.1 Å². The van der Waals surface area contributed by atoms with Crippen LogP contribution in [0.3, 0.4) is 0 Å². The molecule has 0 rings (SSSR count). The van der Waals surface area contributed by atoms with Gasteiger partial charge in [-0.25, -0.2) is 0 Å². The molecule has 0 saturated heterocycles. The third-order valence-corrected chi connectivity index (χ3v) is 11.6. The lowest BCUT2D eigenvalue weighted by Gasteiger charge is -2.45. The molecule has 0 aliphatic heterocycles. The van der Waals surface area contributed by atoms with E-state index in [1.807, 2.05) is 14.1 Å². The zero-order valence-electron chi connectivity index (χ0n) is 56.7. The van der Waals surface area contributed by atoms with Crippen molar-refractivity contribution in [2.75, 3.05) is 244 Å². The first kappa shape index (κ1) is 90.9. The van der Waals surface area contributed by atoms with Crippen LogP contribution in [-0.2, 0) is 37.9 Å². The van der Waals surface area contributed by atoms with Gasteiger partial charge in [-0.05, 0) is 177 Å². The van der Waals surface area contributed by atoms with Crippen molar-refractivity contribution >= 4 is 0 Å². The first-order valence-electron chi connectivity index (χ1n) is 28.7. The number of methoxy groups -OCH3 is 8. The number of rotatable bonds is 35. The predicted octanol–water partition coefficient (Wildman–Crippen LogP) is 8.96. The normalized spacial score (nSPS) is 11.4. The Morgan fingerprint density at radius 3 is 0.880 bits per heavy atom. The number of ether oxygens (including phenoxy) is 8. The van der Waals surface area contributed by atoms with Gasteiger partial charge in [0.2, 0.25) is 0 Å². The van der Waals surface area contributed by atoms with Crippen molar-refractivity contribution in [3.63, 3.8) is 0 Å². The fraction of sp³-hybridized carbons (Fsp3) is 1.00. The number of likely N-dealkylation sites (N-methyl/N-ethyl adjacent to an activating group) is 3. The zero-order valence-corrected chi connectivity index (χ0v) is 56.7. The molecule has 466 valence electrons. The summed E-state index contributed by atoms with van der Waals surface area (Å²) in [5, 5.41) is 0. The van der Waals surface area contributed by atoms with Crippen LogP contribution in [0.5, 0.6) is 0 Å². The van der Waals surface area contributed by atoms with Gasteiger partial charge in [0.15, 0.2) is 0 Å². The zero-order chi connectivity index (χ0) is 60.1. The summed E-state index contributed by atoms with van der Waals surface area (Å²) in [5.74, 6) is 0. The van der Waals surface area contributed by atoms with E-state index in [0.29, 0.717) is 12.1 Å². The van der Waals surface area contributed by atoms with Gasteiger partial charge in [0, 0.05) is 146 Å². The third kappa shape index (κ3) is 84.8. The Balaban J connectivity index is -0.000000115. The Kier molecular flexibility index (Phi) is 84.2. The highest BCUT2D eigenvalue weighted by atomic mass is 16.5. The van der Waals surface area contributed by atoms with Crippen LogP contribution >= 0.6 is 0 Å². The van der Waals surface area contributed by atoms with Crippen LogP contribution in [0.15, 0.2) is 0 Å². The van der Waals surface area contributed by atoms with Crippen molar-refractivity contribution in [3.8, 4) is 0 Å². The number of hydrogen-bond acceptors (Lipinski definition) is 16. The molecule has 0 radical (unpaired) electrons. The Hall–Kier alpha value is -0.640. The SMILES string of the molecule is CCN(C)CCCOC.CCN(C)CCOC.CCN(CC)CCCOC.CCN(CC)CCOC.COCCCN(C)C.COCCN(C(C)(C)C)C(C)(C)C.COCCN(C(C)C)C(C)C.COCCN(C)C. The maximum atomic E-state index is 5.12. The molecule has 75 heavy (non-hydrogen) atoms. The molecule has 0 aliphatic carbocycles. The van der Waals surface area contributed by atoms with Gasteiger partial charge >= 0.3 is 0 Å². The van der Waals surface area contributed by atoms with Crippen LogP contribution in [0, 0.1) is 0 Å². The van der Waals surface area contributed by atoms with Gasteiger partial charge < -0.3 is 67.3 Å². The first-order valence-corrected chi connectivity index (χ1v) is 28.7. The predicted molar refractivity (Wildman–Crippen MR) is 331 cm³/mol. The van der Waals surface area contributed by atoms with Gasteiger partial charge in [-0.1, -0.05) is 41.5 Å². The van der Waals surface area contributed by atoms with Crippen LogP contribution in [-0.4, -0.2) is 306 Å². The second-order valence-electron chi connectivity index (χ2n) is 21.4. The molecule has 0 aromatic rings. The minimum Gasteiger partial charge on any atom is -0.385 e. The minimum atomic E-state index is 0.205. The smallest absolute Gasteiger partial charge is 0.0590 e. The molecule has 0 atom stereocenters. The van der Waals surface area contributed by atoms with Gasteiger partial charge in [-0.3, -0.25) is 9.80 Å². The molecule has 0 saturated carbocycles. The monoisotopic (exact) mass is 1090 g/mol. The Morgan fingerprint density at radius 1 is 0.307 bits per heavy atom. The number of nitrogens with zero attached hydrogens (tertiary/aromatic N) is 8. The van der Waals surface area contributed by atoms with Crippen molar-refractivity contribution in [3.05, 3.63) is 0 Å². The molecule has 0 spiro atoms. The molecule has 0 aliphatic rings. The molecule has 0 heterocycles. The summed E-state index contributed by atoms with van der Waals surface area (Å²) in [6, 6.07) is 1.23. The van der Waals surface area contributed by atoms with E-state index in [1.54, 1.807) is 56.9 Å². The quantitative estimate of drug-likeness (QED) is 0.0565. The molecule has 16 nitrogen and oxygen atoms in total. The van der Waals surface area contributed by atoms with E-state index in [0.717, 1.165) is 157 Å². The summed E-state index contributed by atoms with van der Waals surface area (Å²) < 4.78 is 39.5. The average Bonchev–Trinajstić information content (AvgIpc) is 3.35. The highest BCUT2D eigenvalue weighted by molar-refractivity contribution is 4.86. The van der Waals surface area contributed by atoms with Crippen LogP contribution in [0.4, 0.5) is 0 Å². The van der Waals surface area contributed by atoms with E-state index < -0.39 is 0 Å². The van der Waals surface area contributed by atoms with E-state index >= 15 is 0 Å². The van der Waals surface area contributed by atoms with Gasteiger partial charge in [0.25, 0.3) is 0 Å². The second kappa shape index (κ2) is 69.5. The van der Waals surface area contributed by atoms with Crippen LogP contribution < -0.4 is 0 Å². The van der Waals surface area contributed by atoms with Crippen LogP contribution in [0.25, 0.3) is 0 Å². The third-order valence-electron chi connectivity index (χ3n) is 11.6. The summed E-state index contributed by atoms with van der Waals surface area (Å²) >= 11 is 0. The average molecular weight is 1090 g/mol. The molecular formula is C59H142N8O8. The van der Waals surface area contributed by atoms with Crippen LogP contribution in [0.2, 0.25) is 0 Å². The lowest BCUT2D eigenvalue weighted by atomic mass is 9.96. The van der Waals surface area contributed by atoms with Crippen molar-refractivity contribution in [2.45, 2.75) is 153 Å². The molecule has 0 bridgehead atoms. The molecule has 16 heteroatoms. The second-order valence-corrected chi connectivity index (χ2v) is 21.4. The summed E-state index contributed by atoms with van der Waals surface area (Å²) in [4.78, 5) is 18.3. The minimum absolute atomic E-state index is 0.205. The highest BCUT2D eigenvalue weighted by Crippen LogP contribution is 2.23. The maximum Gasteiger partial charge on any atom is 0.0590 e. The molecular weight excluding hydrogens is 949 g/mol. The molecule has 0 amide bonds. The van der Waals surface area contributed by atoms with E-state index in [1.165, 1.54) is 6.54 Å². The summed E-state index contributed by atoms with van der Waals surface area (Å²) in [7, 11) is 26.3. The van der Waals surface area contributed by atoms with Crippen molar-refractivity contribution in [2.24, 2.45) is 0 Å². The molecule has 0 unspecified atom stereocenters. The summed E-state index contributed by atoms with van der Waals surface area (Å²) in [6.45, 7) is 57.5. The number of hydrogen-bond donors (Lipinski definition) is 0. The van der Waals surface area contributed by atoms with Gasteiger partial charge in [-0.15, -0.1) is 0 Å². The fourth-order valence-electron chi connectivity index (χ4n) is 6.74. The summed E-state index contributed by atoms with van der Waals surface area (Å²) in [5.41, 5.74) is 0.410. The summed E-state index contributed by atoms with van der Waals surface area (Å²) in [6.07, 6.45) is 3.42. The van der Waals surface area contributed by atoms with Crippen molar-refractivity contribution < 1.29 is 37.9 Å². The Labute approximate surface area is 472 Å². The Bertz CT molecular complexity index is 949. The fourth-order valence-corrected chi connectivity index (χ4v) is 6.74. The van der Waals surface area contributed by atoms with Gasteiger partial charge in [0.1, 0.15) is 0 Å². The Morgan fingerprint density at radius 2 is 0.587 bits per heavy atom. The van der Waals surface area contributed by atoms with Crippen molar-refractivity contribution in [1.29, 1.82) is 0 Å². The van der Waals surface area contributed by atoms with Crippen molar-refractivity contribution in [1.82, 2.24) is 39.2 Å². The molecule has 0 N–H and O–H groups in total. The lowest BCUT2D eigenvalue weighted by molar-refractivity contribution is 0.0147. The molecule has 0 aromatic heterocycles. The van der Waals surface area contributed by atoms with Gasteiger partial charge in [0.05, 0.1) is 33.0 Å². The van der Waals surface area contributed by atoms with E-state index in [2.05, 4.69) is 178 Å². The highest BCUT2D eigenvalue weighted by Gasteiger charge is 2.30. The first-order chi connectivity index (χ1) is 35.1. The van der Waals surface area contributed by atoms with Gasteiger partial charge in [-0.2, -0.15) is 0 Å². The lowest BCUT2D eigenvalue weighted by Crippen LogP contribution is -2.53. The molecule has 0 aromatic carbocycles.